The van der Waals surface area contributed by atoms with Crippen LogP contribution in [-0.4, -0.2) is 40.9 Å². The lowest BCUT2D eigenvalue weighted by molar-refractivity contribution is 0.0995. The van der Waals surface area contributed by atoms with Gasteiger partial charge < -0.3 is 20.6 Å². The van der Waals surface area contributed by atoms with Gasteiger partial charge in [-0.15, -0.1) is 0 Å². The normalized spacial score (nSPS) is 16.4. The van der Waals surface area contributed by atoms with E-state index in [1.807, 2.05) is 19.1 Å². The number of benzene rings is 2. The summed E-state index contributed by atoms with van der Waals surface area (Å²) < 4.78 is 0. The van der Waals surface area contributed by atoms with Crippen molar-refractivity contribution >= 4 is 28.7 Å². The third-order valence-electron chi connectivity index (χ3n) is 7.17. The SMILES string of the molecule is Cc1ccc(O)cc1Nc1ccnc2c1C(=O)Cc1cc(CCC3CCN(C)CC3)ccc1N2. The predicted octanol–water partition coefficient (Wildman–Crippen LogP) is 5.60. The standard InChI is InChI=1S/C28H32N4O2/c1-18-3-7-22(33)17-25(18)30-24-9-12-29-28-27(24)26(34)16-21-15-20(6-8-23(21)31-28)5-4-19-10-13-32(2)14-11-19/h3,6-9,12,15,17,19,33H,4-5,10-11,13-14,16H2,1-2H3,(H2,29,30,31). The van der Waals surface area contributed by atoms with Crippen molar-refractivity contribution in [3.63, 3.8) is 0 Å². The van der Waals surface area contributed by atoms with Gasteiger partial charge >= 0.3 is 0 Å². The van der Waals surface area contributed by atoms with E-state index in [1.54, 1.807) is 18.3 Å². The second-order valence-corrected chi connectivity index (χ2v) is 9.71. The van der Waals surface area contributed by atoms with Gasteiger partial charge in [-0.1, -0.05) is 18.2 Å². The quantitative estimate of drug-likeness (QED) is 0.464. The Balaban J connectivity index is 1.36. The second-order valence-electron chi connectivity index (χ2n) is 9.71. The van der Waals surface area contributed by atoms with Crippen LogP contribution in [0.3, 0.4) is 0 Å². The first-order valence-electron chi connectivity index (χ1n) is 12.1. The number of phenols is 1. The van der Waals surface area contributed by atoms with E-state index in [0.29, 0.717) is 23.5 Å². The Morgan fingerprint density at radius 2 is 1.94 bits per heavy atom. The highest BCUT2D eigenvalue weighted by atomic mass is 16.3. The van der Waals surface area contributed by atoms with Crippen LogP contribution in [0.15, 0.2) is 48.7 Å². The monoisotopic (exact) mass is 456 g/mol. The van der Waals surface area contributed by atoms with Crippen LogP contribution >= 0.6 is 0 Å². The average molecular weight is 457 g/mol. The minimum atomic E-state index is 0.0297. The van der Waals surface area contributed by atoms with Crippen LogP contribution in [0.25, 0.3) is 0 Å². The number of carbonyl (C=O) groups is 1. The maximum Gasteiger partial charge on any atom is 0.173 e. The minimum Gasteiger partial charge on any atom is -0.508 e. The van der Waals surface area contributed by atoms with Crippen molar-refractivity contribution in [2.24, 2.45) is 5.92 Å². The number of hydrogen-bond acceptors (Lipinski definition) is 6. The lowest BCUT2D eigenvalue weighted by Crippen LogP contribution is -2.30. The average Bonchev–Trinajstić information content (AvgIpc) is 2.97. The summed E-state index contributed by atoms with van der Waals surface area (Å²) in [6.45, 7) is 4.35. The summed E-state index contributed by atoms with van der Waals surface area (Å²) in [7, 11) is 2.20. The molecule has 6 heteroatoms. The van der Waals surface area contributed by atoms with Gasteiger partial charge in [-0.3, -0.25) is 4.79 Å². The molecule has 0 unspecified atom stereocenters. The van der Waals surface area contributed by atoms with Gasteiger partial charge in [0.1, 0.15) is 11.6 Å². The van der Waals surface area contributed by atoms with Crippen molar-refractivity contribution in [3.05, 3.63) is 70.9 Å². The van der Waals surface area contributed by atoms with Crippen LogP contribution in [0.2, 0.25) is 0 Å². The van der Waals surface area contributed by atoms with Crippen LogP contribution in [0.5, 0.6) is 5.75 Å². The van der Waals surface area contributed by atoms with Gasteiger partial charge in [0.2, 0.25) is 0 Å². The lowest BCUT2D eigenvalue weighted by Gasteiger charge is -2.28. The van der Waals surface area contributed by atoms with E-state index >= 15 is 0 Å². The van der Waals surface area contributed by atoms with Crippen molar-refractivity contribution in [2.75, 3.05) is 30.8 Å². The maximum absolute atomic E-state index is 13.4. The van der Waals surface area contributed by atoms with Crippen LogP contribution in [0, 0.1) is 12.8 Å². The molecule has 3 N–H and O–H groups in total. The number of pyridine rings is 1. The highest BCUT2D eigenvalue weighted by molar-refractivity contribution is 6.09. The largest absolute Gasteiger partial charge is 0.508 e. The van der Waals surface area contributed by atoms with Gasteiger partial charge in [0.15, 0.2) is 5.78 Å². The molecule has 176 valence electrons. The van der Waals surface area contributed by atoms with Gasteiger partial charge in [0.05, 0.1) is 11.3 Å². The third-order valence-corrected chi connectivity index (χ3v) is 7.17. The van der Waals surface area contributed by atoms with Crippen molar-refractivity contribution in [3.8, 4) is 5.75 Å². The number of ketones is 1. The smallest absolute Gasteiger partial charge is 0.173 e. The summed E-state index contributed by atoms with van der Waals surface area (Å²) in [4.78, 5) is 20.3. The number of hydrogen-bond donors (Lipinski definition) is 3. The summed E-state index contributed by atoms with van der Waals surface area (Å²) in [6, 6.07) is 13.4. The van der Waals surface area contributed by atoms with Gasteiger partial charge in [-0.25, -0.2) is 4.98 Å². The number of piperidine rings is 1. The lowest BCUT2D eigenvalue weighted by atomic mass is 9.90. The Kier molecular flexibility index (Phi) is 6.24. The summed E-state index contributed by atoms with van der Waals surface area (Å²) in [5.74, 6) is 1.56. The first-order valence-corrected chi connectivity index (χ1v) is 12.1. The number of nitrogens with one attached hydrogen (secondary N) is 2. The first kappa shape index (κ1) is 22.4. The molecule has 1 fully saturated rings. The summed E-state index contributed by atoms with van der Waals surface area (Å²) in [5.41, 5.74) is 6.23. The fourth-order valence-electron chi connectivity index (χ4n) is 5.01. The molecule has 0 radical (unpaired) electrons. The molecule has 0 spiro atoms. The Bertz CT molecular complexity index is 1220. The Morgan fingerprint density at radius 3 is 2.76 bits per heavy atom. The molecule has 3 heterocycles. The molecule has 2 aliphatic rings. The number of rotatable bonds is 5. The van der Waals surface area contributed by atoms with Crippen LogP contribution in [-0.2, 0) is 12.8 Å². The molecule has 2 aromatic carbocycles. The number of Topliss-reactive ketones (excluding diaryl/α,β-unsaturated/α-hetero) is 1. The van der Waals surface area contributed by atoms with Crippen molar-refractivity contribution in [1.82, 2.24) is 9.88 Å². The van der Waals surface area contributed by atoms with E-state index in [1.165, 1.54) is 37.9 Å². The number of fused-ring (bicyclic) bond motifs is 2. The zero-order chi connectivity index (χ0) is 23.7. The molecule has 2 aliphatic heterocycles. The van der Waals surface area contributed by atoms with E-state index in [9.17, 15) is 9.90 Å². The van der Waals surface area contributed by atoms with Crippen molar-refractivity contribution in [2.45, 2.75) is 39.0 Å². The number of likely N-dealkylation sites (tertiary alicyclic amines) is 1. The molecular formula is C28H32N4O2. The van der Waals surface area contributed by atoms with Gasteiger partial charge in [-0.2, -0.15) is 0 Å². The number of anilines is 4. The van der Waals surface area contributed by atoms with E-state index in [4.69, 9.17) is 0 Å². The zero-order valence-corrected chi connectivity index (χ0v) is 19.9. The number of phenolic OH excluding ortho intramolecular Hbond substituents is 1. The Morgan fingerprint density at radius 1 is 1.12 bits per heavy atom. The first-order chi connectivity index (χ1) is 16.5. The molecule has 34 heavy (non-hydrogen) atoms. The molecule has 6 nitrogen and oxygen atoms in total. The highest BCUT2D eigenvalue weighted by Gasteiger charge is 2.24. The molecule has 1 saturated heterocycles. The van der Waals surface area contributed by atoms with Crippen LogP contribution < -0.4 is 10.6 Å². The summed E-state index contributed by atoms with van der Waals surface area (Å²) >= 11 is 0. The predicted molar refractivity (Wildman–Crippen MR) is 137 cm³/mol. The van der Waals surface area contributed by atoms with Crippen LogP contribution in [0.4, 0.5) is 22.9 Å². The van der Waals surface area contributed by atoms with Crippen molar-refractivity contribution < 1.29 is 9.90 Å². The molecule has 1 aromatic heterocycles. The molecule has 0 saturated carbocycles. The van der Waals surface area contributed by atoms with Crippen LogP contribution in [0.1, 0.15) is 46.3 Å². The summed E-state index contributed by atoms with van der Waals surface area (Å²) in [5, 5.41) is 16.6. The molecule has 3 aromatic rings. The number of nitrogens with zero attached hydrogens (tertiary/aromatic N) is 2. The zero-order valence-electron chi connectivity index (χ0n) is 19.9. The number of aryl methyl sites for hydroxylation is 2. The molecule has 0 atom stereocenters. The van der Waals surface area contributed by atoms with E-state index < -0.39 is 0 Å². The maximum atomic E-state index is 13.4. The van der Waals surface area contributed by atoms with E-state index in [0.717, 1.165) is 34.8 Å². The van der Waals surface area contributed by atoms with E-state index in [2.05, 4.69) is 45.8 Å². The third kappa shape index (κ3) is 4.77. The van der Waals surface area contributed by atoms with Gasteiger partial charge in [-0.05, 0) is 93.6 Å². The Hall–Kier alpha value is -3.38. The number of carbonyl (C=O) groups excluding carboxylic acids is 1. The fourth-order valence-corrected chi connectivity index (χ4v) is 5.01. The molecule has 5 rings (SSSR count). The van der Waals surface area contributed by atoms with Crippen molar-refractivity contribution in [1.29, 1.82) is 0 Å². The van der Waals surface area contributed by atoms with Gasteiger partial charge in [0.25, 0.3) is 0 Å². The molecule has 0 aliphatic carbocycles. The minimum absolute atomic E-state index is 0.0297. The molecular weight excluding hydrogens is 424 g/mol. The molecule has 0 bridgehead atoms. The fraction of sp³-hybridized carbons (Fsp3) is 0.357. The Labute approximate surface area is 201 Å². The second kappa shape index (κ2) is 9.47. The topological polar surface area (TPSA) is 77.5 Å². The summed E-state index contributed by atoms with van der Waals surface area (Å²) in [6.07, 6.45) is 6.82. The number of aromatic nitrogens is 1. The van der Waals surface area contributed by atoms with E-state index in [-0.39, 0.29) is 11.5 Å². The molecule has 0 amide bonds. The highest BCUT2D eigenvalue weighted by Crippen LogP contribution is 2.35. The van der Waals surface area contributed by atoms with Gasteiger partial charge in [0, 0.05) is 30.1 Å². The number of aromatic hydroxyl groups is 1.